The summed E-state index contributed by atoms with van der Waals surface area (Å²) in [5, 5.41) is 3.34. The molecule has 0 fully saturated rings. The van der Waals surface area contributed by atoms with Gasteiger partial charge >= 0.3 is 0 Å². The van der Waals surface area contributed by atoms with Crippen molar-refractivity contribution in [1.82, 2.24) is 9.97 Å². The van der Waals surface area contributed by atoms with Crippen LogP contribution in [0.1, 0.15) is 31.9 Å². The van der Waals surface area contributed by atoms with E-state index in [1.165, 1.54) is 11.1 Å². The molecular weight excluding hydrogens is 248 g/mol. The summed E-state index contributed by atoms with van der Waals surface area (Å²) in [4.78, 5) is 8.62. The standard InChI is InChI=1S/C16H22N4/c1-10-7-6-8-12(11(10)2)13-9-14(19-15(17)18-13)20-16(3,4)5/h6-9H,1-5H3,(H3,17,18,19,20). The summed E-state index contributed by atoms with van der Waals surface area (Å²) in [6.07, 6.45) is 0. The molecule has 4 nitrogen and oxygen atoms in total. The normalized spacial score (nSPS) is 11.4. The van der Waals surface area contributed by atoms with Crippen LogP contribution in [-0.4, -0.2) is 15.5 Å². The van der Waals surface area contributed by atoms with Gasteiger partial charge in [0.1, 0.15) is 5.82 Å². The highest BCUT2D eigenvalue weighted by Gasteiger charge is 2.13. The lowest BCUT2D eigenvalue weighted by atomic mass is 10.0. The summed E-state index contributed by atoms with van der Waals surface area (Å²) in [5.41, 5.74) is 10.2. The first kappa shape index (κ1) is 14.3. The number of nitrogens with two attached hydrogens (primary N) is 1. The number of hydrogen-bond donors (Lipinski definition) is 2. The molecule has 0 amide bonds. The van der Waals surface area contributed by atoms with E-state index in [0.717, 1.165) is 17.1 Å². The van der Waals surface area contributed by atoms with Gasteiger partial charge in [0.05, 0.1) is 5.69 Å². The molecule has 0 aliphatic rings. The minimum absolute atomic E-state index is 0.0697. The molecule has 1 aromatic carbocycles. The molecule has 0 radical (unpaired) electrons. The van der Waals surface area contributed by atoms with Crippen molar-refractivity contribution in [3.8, 4) is 11.3 Å². The second-order valence-electron chi connectivity index (χ2n) is 6.12. The van der Waals surface area contributed by atoms with Gasteiger partial charge in [0, 0.05) is 17.2 Å². The molecule has 0 bridgehead atoms. The fourth-order valence-corrected chi connectivity index (χ4v) is 2.08. The van der Waals surface area contributed by atoms with E-state index in [0.29, 0.717) is 0 Å². The lowest BCUT2D eigenvalue weighted by Gasteiger charge is -2.21. The molecule has 0 aliphatic heterocycles. The quantitative estimate of drug-likeness (QED) is 0.876. The third kappa shape index (κ3) is 3.26. The van der Waals surface area contributed by atoms with E-state index < -0.39 is 0 Å². The van der Waals surface area contributed by atoms with Gasteiger partial charge in [0.15, 0.2) is 0 Å². The second-order valence-corrected chi connectivity index (χ2v) is 6.12. The summed E-state index contributed by atoms with van der Waals surface area (Å²) in [7, 11) is 0. The molecule has 20 heavy (non-hydrogen) atoms. The van der Waals surface area contributed by atoms with Crippen LogP contribution in [0.4, 0.5) is 11.8 Å². The largest absolute Gasteiger partial charge is 0.368 e. The molecule has 0 atom stereocenters. The van der Waals surface area contributed by atoms with Gasteiger partial charge in [0.2, 0.25) is 5.95 Å². The first-order chi connectivity index (χ1) is 9.26. The van der Waals surface area contributed by atoms with Crippen LogP contribution in [0.15, 0.2) is 24.3 Å². The van der Waals surface area contributed by atoms with Crippen molar-refractivity contribution in [2.24, 2.45) is 0 Å². The van der Waals surface area contributed by atoms with Gasteiger partial charge in [-0.2, -0.15) is 4.98 Å². The Hall–Kier alpha value is -2.10. The van der Waals surface area contributed by atoms with Gasteiger partial charge in [-0.15, -0.1) is 0 Å². The van der Waals surface area contributed by atoms with Crippen LogP contribution in [-0.2, 0) is 0 Å². The van der Waals surface area contributed by atoms with Gasteiger partial charge in [-0.3, -0.25) is 0 Å². The summed E-state index contributed by atoms with van der Waals surface area (Å²) in [6, 6.07) is 8.14. The summed E-state index contributed by atoms with van der Waals surface area (Å²) >= 11 is 0. The Balaban J connectivity index is 2.50. The molecule has 0 spiro atoms. The van der Waals surface area contributed by atoms with Gasteiger partial charge in [-0.05, 0) is 45.7 Å². The van der Waals surface area contributed by atoms with Crippen LogP contribution in [0.25, 0.3) is 11.3 Å². The van der Waals surface area contributed by atoms with Crippen molar-refractivity contribution in [2.45, 2.75) is 40.2 Å². The molecule has 0 saturated carbocycles. The average Bonchev–Trinajstić information content (AvgIpc) is 2.29. The van der Waals surface area contributed by atoms with Gasteiger partial charge in [-0.1, -0.05) is 18.2 Å². The highest BCUT2D eigenvalue weighted by atomic mass is 15.1. The number of rotatable bonds is 2. The fourth-order valence-electron chi connectivity index (χ4n) is 2.08. The van der Waals surface area contributed by atoms with Crippen LogP contribution >= 0.6 is 0 Å². The van der Waals surface area contributed by atoms with Crippen LogP contribution in [0, 0.1) is 13.8 Å². The minimum atomic E-state index is -0.0697. The van der Waals surface area contributed by atoms with Gasteiger partial charge in [-0.25, -0.2) is 4.98 Å². The predicted molar refractivity (Wildman–Crippen MR) is 84.7 cm³/mol. The lowest BCUT2D eigenvalue weighted by Crippen LogP contribution is -2.27. The zero-order chi connectivity index (χ0) is 14.9. The maximum atomic E-state index is 5.84. The number of aromatic nitrogens is 2. The average molecular weight is 270 g/mol. The van der Waals surface area contributed by atoms with Gasteiger partial charge in [0.25, 0.3) is 0 Å². The number of nitrogens with one attached hydrogen (secondary N) is 1. The number of anilines is 2. The number of benzene rings is 1. The molecule has 1 heterocycles. The topological polar surface area (TPSA) is 63.8 Å². The van der Waals surface area contributed by atoms with E-state index in [9.17, 15) is 0 Å². The monoisotopic (exact) mass is 270 g/mol. The van der Waals surface area contributed by atoms with E-state index in [-0.39, 0.29) is 11.5 Å². The van der Waals surface area contributed by atoms with E-state index in [1.54, 1.807) is 0 Å². The third-order valence-electron chi connectivity index (χ3n) is 3.13. The van der Waals surface area contributed by atoms with Crippen LogP contribution in [0.5, 0.6) is 0 Å². The molecular formula is C16H22N4. The van der Waals surface area contributed by atoms with E-state index in [2.05, 4.69) is 62.0 Å². The van der Waals surface area contributed by atoms with Crippen molar-refractivity contribution in [2.75, 3.05) is 11.1 Å². The first-order valence-corrected chi connectivity index (χ1v) is 6.75. The van der Waals surface area contributed by atoms with Crippen molar-refractivity contribution in [3.05, 3.63) is 35.4 Å². The summed E-state index contributed by atoms with van der Waals surface area (Å²) < 4.78 is 0. The first-order valence-electron chi connectivity index (χ1n) is 6.75. The van der Waals surface area contributed by atoms with Crippen LogP contribution in [0.3, 0.4) is 0 Å². The van der Waals surface area contributed by atoms with E-state index >= 15 is 0 Å². The zero-order valence-electron chi connectivity index (χ0n) is 12.8. The Morgan fingerprint density at radius 3 is 2.45 bits per heavy atom. The van der Waals surface area contributed by atoms with E-state index in [1.807, 2.05) is 12.1 Å². The maximum absolute atomic E-state index is 5.84. The Labute approximate surface area is 120 Å². The Morgan fingerprint density at radius 1 is 1.10 bits per heavy atom. The Kier molecular flexibility index (Phi) is 3.66. The molecule has 0 saturated heterocycles. The minimum Gasteiger partial charge on any atom is -0.368 e. The van der Waals surface area contributed by atoms with Gasteiger partial charge < -0.3 is 11.1 Å². The Bertz CT molecular complexity index is 627. The molecule has 4 heteroatoms. The van der Waals surface area contributed by atoms with E-state index in [4.69, 9.17) is 5.73 Å². The number of nitrogen functional groups attached to an aromatic ring is 1. The van der Waals surface area contributed by atoms with Crippen LogP contribution < -0.4 is 11.1 Å². The summed E-state index contributed by atoms with van der Waals surface area (Å²) in [6.45, 7) is 10.5. The maximum Gasteiger partial charge on any atom is 0.222 e. The second kappa shape index (κ2) is 5.12. The molecule has 106 valence electrons. The highest BCUT2D eigenvalue weighted by Crippen LogP contribution is 2.26. The van der Waals surface area contributed by atoms with Crippen LogP contribution in [0.2, 0.25) is 0 Å². The van der Waals surface area contributed by atoms with Crippen molar-refractivity contribution < 1.29 is 0 Å². The summed E-state index contributed by atoms with van der Waals surface area (Å²) in [5.74, 6) is 1.04. The van der Waals surface area contributed by atoms with Crippen molar-refractivity contribution in [1.29, 1.82) is 0 Å². The highest BCUT2D eigenvalue weighted by molar-refractivity contribution is 5.68. The molecule has 1 aromatic heterocycles. The Morgan fingerprint density at radius 2 is 1.80 bits per heavy atom. The smallest absolute Gasteiger partial charge is 0.222 e. The molecule has 3 N–H and O–H groups in total. The van der Waals surface area contributed by atoms with Crippen molar-refractivity contribution in [3.63, 3.8) is 0 Å². The molecule has 2 aromatic rings. The zero-order valence-corrected chi connectivity index (χ0v) is 12.8. The lowest BCUT2D eigenvalue weighted by molar-refractivity contribution is 0.630. The predicted octanol–water partition coefficient (Wildman–Crippen LogP) is 3.55. The van der Waals surface area contributed by atoms with Crippen molar-refractivity contribution >= 4 is 11.8 Å². The molecule has 0 aliphatic carbocycles. The molecule has 0 unspecified atom stereocenters. The number of nitrogens with zero attached hydrogens (tertiary/aromatic N) is 2. The third-order valence-corrected chi connectivity index (χ3v) is 3.13. The molecule has 2 rings (SSSR count). The SMILES string of the molecule is Cc1cccc(-c2cc(NC(C)(C)C)nc(N)n2)c1C. The number of hydrogen-bond acceptors (Lipinski definition) is 4. The fraction of sp³-hybridized carbons (Fsp3) is 0.375. The number of aryl methyl sites for hydroxylation is 1.